The van der Waals surface area contributed by atoms with E-state index in [1.54, 1.807) is 0 Å². The third-order valence-corrected chi connectivity index (χ3v) is 2.62. The number of benzene rings is 1. The monoisotopic (exact) mass is 198 g/mol. The molecule has 0 bridgehead atoms. The van der Waals surface area contributed by atoms with Gasteiger partial charge in [0, 0.05) is 11.1 Å². The van der Waals surface area contributed by atoms with Gasteiger partial charge >= 0.3 is 0 Å². The molecule has 1 heteroatoms. The van der Waals surface area contributed by atoms with Crippen LogP contribution in [0.25, 0.3) is 0 Å². The van der Waals surface area contributed by atoms with Gasteiger partial charge < -0.3 is 0 Å². The molecule has 0 N–H and O–H groups in total. The van der Waals surface area contributed by atoms with Gasteiger partial charge in [-0.25, -0.2) is 0 Å². The molecule has 15 heavy (non-hydrogen) atoms. The van der Waals surface area contributed by atoms with E-state index in [0.29, 0.717) is 0 Å². The third-order valence-electron chi connectivity index (χ3n) is 2.62. The number of carbonyl (C=O) groups excluding carboxylic acids is 1. The van der Waals surface area contributed by atoms with Crippen LogP contribution in [0.5, 0.6) is 0 Å². The SMILES string of the molecule is Cc1ccc(C(=O)C2=CC=CCC2)cc1. The van der Waals surface area contributed by atoms with E-state index in [2.05, 4.69) is 6.08 Å². The van der Waals surface area contributed by atoms with E-state index in [-0.39, 0.29) is 5.78 Å². The van der Waals surface area contributed by atoms with E-state index >= 15 is 0 Å². The predicted octanol–water partition coefficient (Wildman–Crippen LogP) is 3.45. The number of aryl methyl sites for hydroxylation is 1. The van der Waals surface area contributed by atoms with Crippen LogP contribution in [0.4, 0.5) is 0 Å². The van der Waals surface area contributed by atoms with Crippen molar-refractivity contribution in [2.45, 2.75) is 19.8 Å². The minimum absolute atomic E-state index is 0.166. The Hall–Kier alpha value is -1.63. The fraction of sp³-hybridized carbons (Fsp3) is 0.214. The molecular weight excluding hydrogens is 184 g/mol. The molecule has 0 unspecified atom stereocenters. The van der Waals surface area contributed by atoms with Crippen molar-refractivity contribution in [3.05, 3.63) is 59.2 Å². The summed E-state index contributed by atoms with van der Waals surface area (Å²) in [5.74, 6) is 0.166. The van der Waals surface area contributed by atoms with Crippen molar-refractivity contribution < 1.29 is 4.79 Å². The highest BCUT2D eigenvalue weighted by molar-refractivity contribution is 6.08. The van der Waals surface area contributed by atoms with E-state index in [0.717, 1.165) is 24.0 Å². The zero-order chi connectivity index (χ0) is 10.7. The molecule has 76 valence electrons. The second-order valence-corrected chi connectivity index (χ2v) is 3.85. The van der Waals surface area contributed by atoms with Gasteiger partial charge in [-0.2, -0.15) is 0 Å². The molecule has 0 spiro atoms. The first kappa shape index (κ1) is 9.91. The summed E-state index contributed by atoms with van der Waals surface area (Å²) in [5, 5.41) is 0. The summed E-state index contributed by atoms with van der Waals surface area (Å²) in [6.45, 7) is 2.02. The van der Waals surface area contributed by atoms with Crippen LogP contribution in [0.1, 0.15) is 28.8 Å². The molecule has 2 rings (SSSR count). The van der Waals surface area contributed by atoms with Gasteiger partial charge in [-0.05, 0) is 19.8 Å². The van der Waals surface area contributed by atoms with Gasteiger partial charge in [0.2, 0.25) is 0 Å². The Kier molecular flexibility index (Phi) is 2.82. The fourth-order valence-corrected chi connectivity index (χ4v) is 1.68. The summed E-state index contributed by atoms with van der Waals surface area (Å²) in [4.78, 5) is 12.0. The zero-order valence-electron chi connectivity index (χ0n) is 8.86. The normalized spacial score (nSPS) is 14.9. The fourth-order valence-electron chi connectivity index (χ4n) is 1.68. The molecule has 1 aliphatic carbocycles. The van der Waals surface area contributed by atoms with E-state index < -0.39 is 0 Å². The van der Waals surface area contributed by atoms with Gasteiger partial charge in [-0.15, -0.1) is 0 Å². The molecule has 0 aromatic heterocycles. The molecule has 1 aromatic rings. The van der Waals surface area contributed by atoms with Crippen molar-refractivity contribution in [3.63, 3.8) is 0 Å². The Morgan fingerprint density at radius 1 is 1.20 bits per heavy atom. The van der Waals surface area contributed by atoms with Crippen LogP contribution in [0, 0.1) is 6.92 Å². The maximum absolute atomic E-state index is 12.0. The average molecular weight is 198 g/mol. The molecule has 0 heterocycles. The molecule has 1 aliphatic rings. The minimum Gasteiger partial charge on any atom is -0.289 e. The van der Waals surface area contributed by atoms with E-state index in [1.165, 1.54) is 5.56 Å². The van der Waals surface area contributed by atoms with Crippen molar-refractivity contribution in [1.82, 2.24) is 0 Å². The lowest BCUT2D eigenvalue weighted by molar-refractivity contribution is 0.103. The summed E-state index contributed by atoms with van der Waals surface area (Å²) < 4.78 is 0. The zero-order valence-corrected chi connectivity index (χ0v) is 8.86. The standard InChI is InChI=1S/C14H14O/c1-11-7-9-13(10-8-11)14(15)12-5-3-2-4-6-12/h2-3,5,7-10H,4,6H2,1H3. The average Bonchev–Trinajstić information content (AvgIpc) is 2.30. The second kappa shape index (κ2) is 4.26. The smallest absolute Gasteiger partial charge is 0.189 e. The van der Waals surface area contributed by atoms with Crippen LogP contribution in [0.2, 0.25) is 0 Å². The lowest BCUT2D eigenvalue weighted by Crippen LogP contribution is -2.04. The Morgan fingerprint density at radius 3 is 2.53 bits per heavy atom. The molecule has 0 saturated carbocycles. The van der Waals surface area contributed by atoms with Crippen LogP contribution in [0.15, 0.2) is 48.1 Å². The molecular formula is C14H14O. The number of carbonyl (C=O) groups is 1. The molecule has 0 fully saturated rings. The van der Waals surface area contributed by atoms with Gasteiger partial charge in [-0.1, -0.05) is 48.1 Å². The van der Waals surface area contributed by atoms with Crippen molar-refractivity contribution >= 4 is 5.78 Å². The molecule has 0 radical (unpaired) electrons. The quantitative estimate of drug-likeness (QED) is 0.665. The summed E-state index contributed by atoms with van der Waals surface area (Å²) in [7, 11) is 0. The lowest BCUT2D eigenvalue weighted by atomic mass is 9.96. The topological polar surface area (TPSA) is 17.1 Å². The maximum atomic E-state index is 12.0. The van der Waals surface area contributed by atoms with Gasteiger partial charge in [0.15, 0.2) is 5.78 Å². The highest BCUT2D eigenvalue weighted by atomic mass is 16.1. The van der Waals surface area contributed by atoms with Crippen LogP contribution >= 0.6 is 0 Å². The summed E-state index contributed by atoms with van der Waals surface area (Å²) in [6.07, 6.45) is 7.81. The third kappa shape index (κ3) is 2.24. The van der Waals surface area contributed by atoms with Crippen molar-refractivity contribution in [2.75, 3.05) is 0 Å². The first-order valence-corrected chi connectivity index (χ1v) is 5.24. The number of hydrogen-bond donors (Lipinski definition) is 0. The molecule has 0 atom stereocenters. The molecule has 0 saturated heterocycles. The van der Waals surface area contributed by atoms with Gasteiger partial charge in [-0.3, -0.25) is 4.79 Å². The van der Waals surface area contributed by atoms with Crippen molar-refractivity contribution in [3.8, 4) is 0 Å². The van der Waals surface area contributed by atoms with E-state index in [4.69, 9.17) is 0 Å². The highest BCUT2D eigenvalue weighted by Crippen LogP contribution is 2.17. The highest BCUT2D eigenvalue weighted by Gasteiger charge is 2.11. The van der Waals surface area contributed by atoms with Crippen molar-refractivity contribution in [2.24, 2.45) is 0 Å². The second-order valence-electron chi connectivity index (χ2n) is 3.85. The number of allylic oxidation sites excluding steroid dienone is 4. The van der Waals surface area contributed by atoms with E-state index in [9.17, 15) is 4.79 Å². The largest absolute Gasteiger partial charge is 0.289 e. The minimum atomic E-state index is 0.166. The number of hydrogen-bond acceptors (Lipinski definition) is 1. The summed E-state index contributed by atoms with van der Waals surface area (Å²) in [5.41, 5.74) is 2.90. The Bertz CT molecular complexity index is 421. The summed E-state index contributed by atoms with van der Waals surface area (Å²) >= 11 is 0. The van der Waals surface area contributed by atoms with Crippen LogP contribution < -0.4 is 0 Å². The lowest BCUT2D eigenvalue weighted by Gasteiger charge is -2.07. The number of rotatable bonds is 2. The van der Waals surface area contributed by atoms with Crippen LogP contribution in [-0.2, 0) is 0 Å². The first-order chi connectivity index (χ1) is 7.27. The first-order valence-electron chi connectivity index (χ1n) is 5.24. The van der Waals surface area contributed by atoms with Crippen LogP contribution in [-0.4, -0.2) is 5.78 Å². The molecule has 1 aromatic carbocycles. The predicted molar refractivity (Wildman–Crippen MR) is 62.0 cm³/mol. The number of Topliss-reactive ketones (excluding diaryl/α,β-unsaturated/α-hetero) is 1. The van der Waals surface area contributed by atoms with Crippen LogP contribution in [0.3, 0.4) is 0 Å². The van der Waals surface area contributed by atoms with Gasteiger partial charge in [0.1, 0.15) is 0 Å². The van der Waals surface area contributed by atoms with Gasteiger partial charge in [0.05, 0.1) is 0 Å². The van der Waals surface area contributed by atoms with Gasteiger partial charge in [0.25, 0.3) is 0 Å². The molecule has 0 amide bonds. The molecule has 1 nitrogen and oxygen atoms in total. The Balaban J connectivity index is 2.24. The van der Waals surface area contributed by atoms with Crippen molar-refractivity contribution in [1.29, 1.82) is 0 Å². The van der Waals surface area contributed by atoms with E-state index in [1.807, 2.05) is 43.3 Å². The Morgan fingerprint density at radius 2 is 1.93 bits per heavy atom. The molecule has 0 aliphatic heterocycles. The number of ketones is 1. The Labute approximate surface area is 90.1 Å². The maximum Gasteiger partial charge on any atom is 0.189 e. The summed E-state index contributed by atoms with van der Waals surface area (Å²) in [6, 6.07) is 7.76.